The number of halogens is 2. The molecule has 2 aromatic rings. The molecule has 0 aliphatic heterocycles. The Bertz CT molecular complexity index is 695. The van der Waals surface area contributed by atoms with Crippen molar-refractivity contribution in [3.05, 3.63) is 51.8 Å². The van der Waals surface area contributed by atoms with E-state index in [-0.39, 0.29) is 10.7 Å². The van der Waals surface area contributed by atoms with E-state index in [1.807, 2.05) is 0 Å². The highest BCUT2D eigenvalue weighted by Gasteiger charge is 2.11. The van der Waals surface area contributed by atoms with Gasteiger partial charge in [-0.1, -0.05) is 23.2 Å². The molecule has 0 aliphatic rings. The molecular formula is C13H9Cl2N2O3-. The van der Waals surface area contributed by atoms with Gasteiger partial charge in [0.05, 0.1) is 27.4 Å². The minimum atomic E-state index is -1.32. The lowest BCUT2D eigenvalue weighted by molar-refractivity contribution is -0.255. The number of hydrogen-bond donors (Lipinski definition) is 1. The SMILES string of the molecule is Cn1cc(NC(=O)c2ccc(Cl)c(Cl)c2)cc1C(=O)[O-]. The lowest BCUT2D eigenvalue weighted by Gasteiger charge is -2.04. The summed E-state index contributed by atoms with van der Waals surface area (Å²) in [7, 11) is 1.54. The first-order chi connectivity index (χ1) is 9.38. The topological polar surface area (TPSA) is 74.2 Å². The fourth-order valence-corrected chi connectivity index (χ4v) is 1.97. The molecule has 0 fully saturated rings. The van der Waals surface area contributed by atoms with Crippen molar-refractivity contribution in [2.45, 2.75) is 0 Å². The fourth-order valence-electron chi connectivity index (χ4n) is 1.68. The largest absolute Gasteiger partial charge is 0.543 e. The second kappa shape index (κ2) is 5.56. The van der Waals surface area contributed by atoms with E-state index in [0.29, 0.717) is 16.3 Å². The van der Waals surface area contributed by atoms with Crippen molar-refractivity contribution < 1.29 is 14.7 Å². The van der Waals surface area contributed by atoms with Crippen LogP contribution in [0, 0.1) is 0 Å². The van der Waals surface area contributed by atoms with Crippen molar-refractivity contribution >= 4 is 40.8 Å². The van der Waals surface area contributed by atoms with Crippen LogP contribution < -0.4 is 10.4 Å². The Kier molecular flexibility index (Phi) is 4.01. The Morgan fingerprint density at radius 2 is 1.90 bits per heavy atom. The first-order valence-electron chi connectivity index (χ1n) is 5.52. The van der Waals surface area contributed by atoms with Crippen molar-refractivity contribution in [1.82, 2.24) is 4.57 Å². The van der Waals surface area contributed by atoms with Crippen LogP contribution in [-0.4, -0.2) is 16.4 Å². The van der Waals surface area contributed by atoms with E-state index >= 15 is 0 Å². The number of nitrogens with one attached hydrogen (secondary N) is 1. The van der Waals surface area contributed by atoms with Crippen LogP contribution in [0.4, 0.5) is 5.69 Å². The number of anilines is 1. The second-order valence-corrected chi connectivity index (χ2v) is 4.91. The molecule has 7 heteroatoms. The van der Waals surface area contributed by atoms with Crippen LogP contribution in [0.2, 0.25) is 10.0 Å². The monoisotopic (exact) mass is 311 g/mol. The third-order valence-corrected chi connectivity index (χ3v) is 3.39. The first kappa shape index (κ1) is 14.4. The molecule has 0 saturated carbocycles. The number of carbonyl (C=O) groups excluding carboxylic acids is 2. The van der Waals surface area contributed by atoms with Crippen molar-refractivity contribution in [1.29, 1.82) is 0 Å². The van der Waals surface area contributed by atoms with Gasteiger partial charge in [0.25, 0.3) is 5.91 Å². The minimum absolute atomic E-state index is 0.0329. The number of aromatic carboxylic acids is 1. The number of carboxylic acids is 1. The minimum Gasteiger partial charge on any atom is -0.543 e. The number of amides is 1. The van der Waals surface area contributed by atoms with Crippen LogP contribution in [0.3, 0.4) is 0 Å². The molecule has 0 spiro atoms. The van der Waals surface area contributed by atoms with Crippen molar-refractivity contribution in [2.24, 2.45) is 7.05 Å². The van der Waals surface area contributed by atoms with Gasteiger partial charge in [0.1, 0.15) is 0 Å². The molecule has 1 aromatic carbocycles. The average Bonchev–Trinajstić information content (AvgIpc) is 2.73. The van der Waals surface area contributed by atoms with Crippen LogP contribution >= 0.6 is 23.2 Å². The van der Waals surface area contributed by atoms with Gasteiger partial charge in [-0.2, -0.15) is 0 Å². The maximum absolute atomic E-state index is 12.0. The Balaban J connectivity index is 2.21. The molecule has 0 bridgehead atoms. The van der Waals surface area contributed by atoms with Gasteiger partial charge in [0, 0.05) is 18.8 Å². The van der Waals surface area contributed by atoms with Crippen LogP contribution in [0.25, 0.3) is 0 Å². The molecule has 1 aromatic heterocycles. The summed E-state index contributed by atoms with van der Waals surface area (Å²) in [5.74, 6) is -1.73. The highest BCUT2D eigenvalue weighted by Crippen LogP contribution is 2.23. The molecule has 0 aliphatic carbocycles. The van der Waals surface area contributed by atoms with E-state index in [1.165, 1.54) is 35.0 Å². The van der Waals surface area contributed by atoms with Crippen molar-refractivity contribution in [2.75, 3.05) is 5.32 Å². The summed E-state index contributed by atoms with van der Waals surface area (Å²) in [4.78, 5) is 22.8. The van der Waals surface area contributed by atoms with Crippen LogP contribution in [0.1, 0.15) is 20.8 Å². The Hall–Kier alpha value is -1.98. The number of aromatic nitrogens is 1. The highest BCUT2D eigenvalue weighted by molar-refractivity contribution is 6.42. The second-order valence-electron chi connectivity index (χ2n) is 4.10. The fraction of sp³-hybridized carbons (Fsp3) is 0.0769. The molecule has 0 atom stereocenters. The van der Waals surface area contributed by atoms with Crippen molar-refractivity contribution in [3.63, 3.8) is 0 Å². The van der Waals surface area contributed by atoms with Gasteiger partial charge in [0.15, 0.2) is 0 Å². The Morgan fingerprint density at radius 1 is 1.20 bits per heavy atom. The summed E-state index contributed by atoms with van der Waals surface area (Å²) in [6.07, 6.45) is 1.47. The number of benzene rings is 1. The molecule has 5 nitrogen and oxygen atoms in total. The zero-order chi connectivity index (χ0) is 14.9. The van der Waals surface area contributed by atoms with E-state index < -0.39 is 11.9 Å². The quantitative estimate of drug-likeness (QED) is 0.941. The smallest absolute Gasteiger partial charge is 0.255 e. The van der Waals surface area contributed by atoms with Gasteiger partial charge in [-0.15, -0.1) is 0 Å². The molecule has 0 unspecified atom stereocenters. The number of hydrogen-bond acceptors (Lipinski definition) is 3. The van der Waals surface area contributed by atoms with E-state index in [4.69, 9.17) is 23.2 Å². The lowest BCUT2D eigenvalue weighted by atomic mass is 10.2. The number of carbonyl (C=O) groups is 2. The van der Waals surface area contributed by atoms with Gasteiger partial charge < -0.3 is 19.8 Å². The predicted octanol–water partition coefficient (Wildman–Crippen LogP) is 1.95. The Labute approximate surface area is 124 Å². The van der Waals surface area contributed by atoms with Crippen molar-refractivity contribution in [3.8, 4) is 0 Å². The van der Waals surface area contributed by atoms with Crippen LogP contribution in [0.5, 0.6) is 0 Å². The number of aryl methyl sites for hydroxylation is 1. The summed E-state index contributed by atoms with van der Waals surface area (Å²) in [5, 5.41) is 14.0. The molecule has 20 heavy (non-hydrogen) atoms. The van der Waals surface area contributed by atoms with E-state index in [1.54, 1.807) is 7.05 Å². The first-order valence-corrected chi connectivity index (χ1v) is 6.28. The third-order valence-electron chi connectivity index (χ3n) is 2.65. The average molecular weight is 312 g/mol. The van der Waals surface area contributed by atoms with Crippen LogP contribution in [-0.2, 0) is 7.05 Å². The number of rotatable bonds is 3. The molecule has 1 heterocycles. The third kappa shape index (κ3) is 2.95. The van der Waals surface area contributed by atoms with Crippen LogP contribution in [0.15, 0.2) is 30.5 Å². The van der Waals surface area contributed by atoms with Gasteiger partial charge in [-0.25, -0.2) is 0 Å². The van der Waals surface area contributed by atoms with Gasteiger partial charge in [0.2, 0.25) is 0 Å². The summed E-state index contributed by atoms with van der Waals surface area (Å²) < 4.78 is 1.35. The molecule has 104 valence electrons. The highest BCUT2D eigenvalue weighted by atomic mass is 35.5. The molecule has 1 amide bonds. The zero-order valence-electron chi connectivity index (χ0n) is 10.3. The maximum Gasteiger partial charge on any atom is 0.255 e. The van der Waals surface area contributed by atoms with Gasteiger partial charge in [-0.05, 0) is 24.3 Å². The molecule has 2 rings (SSSR count). The summed E-state index contributed by atoms with van der Waals surface area (Å²) >= 11 is 11.6. The standard InChI is InChI=1S/C13H10Cl2N2O3/c1-17-6-8(5-11(17)13(19)20)16-12(18)7-2-3-9(14)10(15)4-7/h2-6H,1H3,(H,16,18)(H,19,20)/p-1. The number of carboxylic acid groups (broad SMARTS) is 1. The molecule has 1 N–H and O–H groups in total. The van der Waals surface area contributed by atoms with Gasteiger partial charge in [-0.3, -0.25) is 4.79 Å². The zero-order valence-corrected chi connectivity index (χ0v) is 11.8. The lowest BCUT2D eigenvalue weighted by Crippen LogP contribution is -2.24. The van der Waals surface area contributed by atoms with E-state index in [0.717, 1.165) is 0 Å². The summed E-state index contributed by atoms with van der Waals surface area (Å²) in [6.45, 7) is 0. The summed E-state index contributed by atoms with van der Waals surface area (Å²) in [6, 6.07) is 5.77. The summed E-state index contributed by atoms with van der Waals surface area (Å²) in [5.41, 5.74) is 0.635. The molecular weight excluding hydrogens is 303 g/mol. The van der Waals surface area contributed by atoms with Gasteiger partial charge >= 0.3 is 0 Å². The molecule has 0 radical (unpaired) electrons. The Morgan fingerprint density at radius 3 is 2.45 bits per heavy atom. The predicted molar refractivity (Wildman–Crippen MR) is 74.2 cm³/mol. The maximum atomic E-state index is 12.0. The van der Waals surface area contributed by atoms with E-state index in [9.17, 15) is 14.7 Å². The normalized spacial score (nSPS) is 10.3. The van der Waals surface area contributed by atoms with E-state index in [2.05, 4.69) is 5.32 Å². The molecule has 0 saturated heterocycles. The number of nitrogens with zero attached hydrogens (tertiary/aromatic N) is 1.